The fourth-order valence-corrected chi connectivity index (χ4v) is 4.73. The first-order valence-corrected chi connectivity index (χ1v) is 7.84. The second kappa shape index (κ2) is 5.12. The van der Waals surface area contributed by atoms with Crippen LogP contribution in [0.3, 0.4) is 0 Å². The van der Waals surface area contributed by atoms with E-state index in [0.717, 1.165) is 12.8 Å². The minimum absolute atomic E-state index is 0.0323. The van der Waals surface area contributed by atoms with Crippen LogP contribution in [0, 0.1) is 11.8 Å². The molecule has 1 saturated heterocycles. The predicted molar refractivity (Wildman–Crippen MR) is 70.8 cm³/mol. The molecular weight excluding hydrogens is 216 g/mol. The van der Waals surface area contributed by atoms with E-state index in [0.29, 0.717) is 17.6 Å². The van der Waals surface area contributed by atoms with Crippen molar-refractivity contribution in [3.8, 4) is 0 Å². The monoisotopic (exact) mass is 240 g/mol. The van der Waals surface area contributed by atoms with Crippen molar-refractivity contribution >= 4 is 17.5 Å². The Labute approximate surface area is 104 Å². The predicted octanol–water partition coefficient (Wildman–Crippen LogP) is 4.06. The third-order valence-corrected chi connectivity index (χ3v) is 6.05. The molecule has 1 heterocycles. The van der Waals surface area contributed by atoms with Crippen molar-refractivity contribution in [3.05, 3.63) is 0 Å². The van der Waals surface area contributed by atoms with E-state index in [2.05, 4.69) is 13.8 Å². The van der Waals surface area contributed by atoms with Gasteiger partial charge in [0.25, 0.3) is 0 Å². The maximum absolute atomic E-state index is 12.7. The van der Waals surface area contributed by atoms with Gasteiger partial charge in [0.15, 0.2) is 5.78 Å². The Bertz CT molecular complexity index is 255. The van der Waals surface area contributed by atoms with E-state index in [1.54, 1.807) is 0 Å². The zero-order valence-electron chi connectivity index (χ0n) is 10.6. The van der Waals surface area contributed by atoms with Gasteiger partial charge in [-0.3, -0.25) is 4.79 Å². The Morgan fingerprint density at radius 2 is 2.06 bits per heavy atom. The first kappa shape index (κ1) is 12.5. The molecular formula is C14H24OS. The maximum atomic E-state index is 12.7. The van der Waals surface area contributed by atoms with Gasteiger partial charge in [-0.1, -0.05) is 26.2 Å². The van der Waals surface area contributed by atoms with Crippen molar-refractivity contribution in [2.75, 3.05) is 5.75 Å². The van der Waals surface area contributed by atoms with Gasteiger partial charge in [-0.25, -0.2) is 0 Å². The molecule has 3 atom stereocenters. The highest BCUT2D eigenvalue weighted by molar-refractivity contribution is 8.01. The molecule has 0 spiro atoms. The molecule has 2 heteroatoms. The van der Waals surface area contributed by atoms with Gasteiger partial charge in [-0.2, -0.15) is 0 Å². The highest BCUT2D eigenvalue weighted by atomic mass is 32.2. The van der Waals surface area contributed by atoms with Crippen molar-refractivity contribution in [1.82, 2.24) is 0 Å². The number of ketones is 1. The molecule has 0 aromatic rings. The minimum Gasteiger partial charge on any atom is -0.298 e. The fourth-order valence-electron chi connectivity index (χ4n) is 3.41. The summed E-state index contributed by atoms with van der Waals surface area (Å²) < 4.78 is -0.0323. The van der Waals surface area contributed by atoms with E-state index >= 15 is 0 Å². The van der Waals surface area contributed by atoms with E-state index < -0.39 is 0 Å². The second-order valence-corrected chi connectivity index (χ2v) is 7.20. The molecule has 0 amide bonds. The standard InChI is InChI=1S/C14H24OS/c1-3-11-7-4-5-8-12(11)13(15)14(2)9-6-10-16-14/h11-12H,3-10H2,1-2H3. The molecule has 1 nitrogen and oxygen atoms in total. The number of rotatable bonds is 3. The van der Waals surface area contributed by atoms with E-state index in [1.807, 2.05) is 11.8 Å². The Morgan fingerprint density at radius 3 is 2.69 bits per heavy atom. The van der Waals surface area contributed by atoms with Crippen LogP contribution in [0.25, 0.3) is 0 Å². The Kier molecular flexibility index (Phi) is 3.99. The van der Waals surface area contributed by atoms with E-state index in [-0.39, 0.29) is 4.75 Å². The molecule has 1 saturated carbocycles. The molecule has 0 aromatic heterocycles. The molecule has 1 aliphatic carbocycles. The lowest BCUT2D eigenvalue weighted by Gasteiger charge is -2.35. The van der Waals surface area contributed by atoms with Gasteiger partial charge in [-0.05, 0) is 44.3 Å². The molecule has 2 fully saturated rings. The topological polar surface area (TPSA) is 17.1 Å². The van der Waals surface area contributed by atoms with E-state index in [1.165, 1.54) is 37.9 Å². The molecule has 0 N–H and O–H groups in total. The smallest absolute Gasteiger partial charge is 0.151 e. The Balaban J connectivity index is 2.07. The zero-order chi connectivity index (χ0) is 11.6. The quantitative estimate of drug-likeness (QED) is 0.740. The second-order valence-electron chi connectivity index (χ2n) is 5.61. The molecule has 0 bridgehead atoms. The van der Waals surface area contributed by atoms with Crippen molar-refractivity contribution < 1.29 is 4.79 Å². The van der Waals surface area contributed by atoms with Crippen molar-refractivity contribution in [3.63, 3.8) is 0 Å². The number of hydrogen-bond donors (Lipinski definition) is 0. The average Bonchev–Trinajstić information content (AvgIpc) is 2.76. The summed E-state index contributed by atoms with van der Waals surface area (Å²) in [5, 5.41) is 0. The first-order valence-electron chi connectivity index (χ1n) is 6.85. The van der Waals surface area contributed by atoms with E-state index in [9.17, 15) is 4.79 Å². The van der Waals surface area contributed by atoms with Crippen molar-refractivity contribution in [2.45, 2.75) is 63.5 Å². The van der Waals surface area contributed by atoms with Gasteiger partial charge >= 0.3 is 0 Å². The molecule has 0 aromatic carbocycles. The first-order chi connectivity index (χ1) is 7.67. The minimum atomic E-state index is -0.0323. The summed E-state index contributed by atoms with van der Waals surface area (Å²) in [7, 11) is 0. The molecule has 2 aliphatic rings. The molecule has 0 radical (unpaired) electrons. The summed E-state index contributed by atoms with van der Waals surface area (Å²) in [4.78, 5) is 12.7. The third kappa shape index (κ3) is 2.32. The summed E-state index contributed by atoms with van der Waals surface area (Å²) in [5.74, 6) is 2.83. The summed E-state index contributed by atoms with van der Waals surface area (Å²) in [6.07, 6.45) is 8.60. The molecule has 16 heavy (non-hydrogen) atoms. The summed E-state index contributed by atoms with van der Waals surface area (Å²) in [6, 6.07) is 0. The number of hydrogen-bond acceptors (Lipinski definition) is 2. The van der Waals surface area contributed by atoms with Gasteiger partial charge in [0, 0.05) is 5.92 Å². The average molecular weight is 240 g/mol. The summed E-state index contributed by atoms with van der Waals surface area (Å²) >= 11 is 1.91. The molecule has 2 rings (SSSR count). The van der Waals surface area contributed by atoms with Crippen LogP contribution in [0.4, 0.5) is 0 Å². The highest BCUT2D eigenvalue weighted by Crippen LogP contribution is 2.44. The van der Waals surface area contributed by atoms with Crippen LogP contribution < -0.4 is 0 Å². The zero-order valence-corrected chi connectivity index (χ0v) is 11.4. The number of thioether (sulfide) groups is 1. The van der Waals surface area contributed by atoms with E-state index in [4.69, 9.17) is 0 Å². The van der Waals surface area contributed by atoms with Gasteiger partial charge in [0.1, 0.15) is 0 Å². The van der Waals surface area contributed by atoms with Gasteiger partial charge in [0.2, 0.25) is 0 Å². The normalized spacial score (nSPS) is 39.9. The van der Waals surface area contributed by atoms with Crippen LogP contribution in [0.2, 0.25) is 0 Å². The van der Waals surface area contributed by atoms with Gasteiger partial charge in [0.05, 0.1) is 4.75 Å². The SMILES string of the molecule is CCC1CCCCC1C(=O)C1(C)CCCS1. The number of carbonyl (C=O) groups is 1. The van der Waals surface area contributed by atoms with Gasteiger partial charge < -0.3 is 0 Å². The van der Waals surface area contributed by atoms with Gasteiger partial charge in [-0.15, -0.1) is 11.8 Å². The number of carbonyl (C=O) groups excluding carboxylic acids is 1. The van der Waals surface area contributed by atoms with Crippen molar-refractivity contribution in [1.29, 1.82) is 0 Å². The highest BCUT2D eigenvalue weighted by Gasteiger charge is 2.43. The van der Waals surface area contributed by atoms with Crippen LogP contribution in [0.5, 0.6) is 0 Å². The summed E-state index contributed by atoms with van der Waals surface area (Å²) in [6.45, 7) is 4.44. The Hall–Kier alpha value is 0.0200. The fraction of sp³-hybridized carbons (Fsp3) is 0.929. The van der Waals surface area contributed by atoms with Crippen LogP contribution in [0.1, 0.15) is 58.8 Å². The maximum Gasteiger partial charge on any atom is 0.151 e. The molecule has 92 valence electrons. The molecule has 1 aliphatic heterocycles. The Morgan fingerprint density at radius 1 is 1.31 bits per heavy atom. The summed E-state index contributed by atoms with van der Waals surface area (Å²) in [5.41, 5.74) is 0. The largest absolute Gasteiger partial charge is 0.298 e. The van der Waals surface area contributed by atoms with Crippen LogP contribution in [-0.2, 0) is 4.79 Å². The lowest BCUT2D eigenvalue weighted by Crippen LogP contribution is -2.39. The lowest BCUT2D eigenvalue weighted by molar-refractivity contribution is -0.127. The van der Waals surface area contributed by atoms with Crippen LogP contribution in [-0.4, -0.2) is 16.3 Å². The van der Waals surface area contributed by atoms with Crippen LogP contribution >= 0.6 is 11.8 Å². The third-order valence-electron chi connectivity index (χ3n) is 4.51. The number of Topliss-reactive ketones (excluding diaryl/α,β-unsaturated/α-hetero) is 1. The molecule has 3 unspecified atom stereocenters. The van der Waals surface area contributed by atoms with Crippen LogP contribution in [0.15, 0.2) is 0 Å². The van der Waals surface area contributed by atoms with Crippen molar-refractivity contribution in [2.24, 2.45) is 11.8 Å². The lowest BCUT2D eigenvalue weighted by atomic mass is 9.72.